The van der Waals surface area contributed by atoms with Gasteiger partial charge in [-0.25, -0.2) is 0 Å². The fraction of sp³-hybridized carbons (Fsp3) is 0.647. The first-order chi connectivity index (χ1) is 9.59. The summed E-state index contributed by atoms with van der Waals surface area (Å²) < 4.78 is 5.51. The summed E-state index contributed by atoms with van der Waals surface area (Å²) in [4.78, 5) is 4.84. The van der Waals surface area contributed by atoms with Crippen LogP contribution in [0.25, 0.3) is 0 Å². The van der Waals surface area contributed by atoms with Crippen LogP contribution < -0.4 is 4.90 Å². The summed E-state index contributed by atoms with van der Waals surface area (Å²) in [5.41, 5.74) is 2.74. The largest absolute Gasteiger partial charge is 0.381 e. The fourth-order valence-electron chi connectivity index (χ4n) is 3.03. The monoisotopic (exact) mass is 276 g/mol. The quantitative estimate of drug-likeness (QED) is 0.821. The molecule has 112 valence electrons. The van der Waals surface area contributed by atoms with Crippen molar-refractivity contribution in [3.05, 3.63) is 29.8 Å². The summed E-state index contributed by atoms with van der Waals surface area (Å²) in [6.07, 6.45) is 2.31. The number of hydrogen-bond acceptors (Lipinski definition) is 3. The average Bonchev–Trinajstić information content (AvgIpc) is 2.45. The van der Waals surface area contributed by atoms with Crippen LogP contribution in [0.5, 0.6) is 0 Å². The molecule has 1 saturated heterocycles. The smallest absolute Gasteiger partial charge is 0.0480 e. The maximum absolute atomic E-state index is 5.51. The van der Waals surface area contributed by atoms with Crippen LogP contribution in [-0.2, 0) is 11.3 Å². The topological polar surface area (TPSA) is 15.7 Å². The molecule has 1 aromatic carbocycles. The number of ether oxygens (including phenoxy) is 1. The predicted molar refractivity (Wildman–Crippen MR) is 85.3 cm³/mol. The van der Waals surface area contributed by atoms with E-state index in [9.17, 15) is 0 Å². The van der Waals surface area contributed by atoms with Gasteiger partial charge in [-0.15, -0.1) is 0 Å². The first-order valence-electron chi connectivity index (χ1n) is 7.68. The van der Waals surface area contributed by atoms with E-state index in [0.29, 0.717) is 12.1 Å². The molecule has 0 bridgehead atoms. The molecule has 1 aromatic rings. The lowest BCUT2D eigenvalue weighted by atomic mass is 10.0. The van der Waals surface area contributed by atoms with Crippen LogP contribution in [0, 0.1) is 0 Å². The Kier molecular flexibility index (Phi) is 5.44. The average molecular weight is 276 g/mol. The van der Waals surface area contributed by atoms with E-state index in [2.05, 4.69) is 62.0 Å². The summed E-state index contributed by atoms with van der Waals surface area (Å²) in [6.45, 7) is 7.44. The van der Waals surface area contributed by atoms with Gasteiger partial charge in [-0.3, -0.25) is 4.90 Å². The van der Waals surface area contributed by atoms with Crippen LogP contribution >= 0.6 is 0 Å². The van der Waals surface area contributed by atoms with Gasteiger partial charge in [0.05, 0.1) is 0 Å². The van der Waals surface area contributed by atoms with E-state index >= 15 is 0 Å². The molecule has 0 atom stereocenters. The molecular formula is C17H28N2O. The van der Waals surface area contributed by atoms with E-state index in [4.69, 9.17) is 4.74 Å². The molecular weight excluding hydrogens is 248 g/mol. The number of hydrogen-bond donors (Lipinski definition) is 0. The van der Waals surface area contributed by atoms with Gasteiger partial charge in [0.25, 0.3) is 0 Å². The van der Waals surface area contributed by atoms with Gasteiger partial charge in [0.15, 0.2) is 0 Å². The Balaban J connectivity index is 2.15. The van der Waals surface area contributed by atoms with Gasteiger partial charge in [0.2, 0.25) is 0 Å². The highest BCUT2D eigenvalue weighted by molar-refractivity contribution is 5.52. The minimum absolute atomic E-state index is 0.563. The van der Waals surface area contributed by atoms with E-state index in [1.54, 1.807) is 0 Å². The fourth-order valence-corrected chi connectivity index (χ4v) is 3.03. The SMILES string of the molecule is CC(C)N(Cc1ccccc1N(C)C)C1CCOCC1. The van der Waals surface area contributed by atoms with Gasteiger partial charge < -0.3 is 9.64 Å². The summed E-state index contributed by atoms with van der Waals surface area (Å²) in [5.74, 6) is 0. The molecule has 1 aliphatic heterocycles. The minimum atomic E-state index is 0.563. The van der Waals surface area contributed by atoms with Gasteiger partial charge in [-0.05, 0) is 38.3 Å². The van der Waals surface area contributed by atoms with Crippen LogP contribution in [0.1, 0.15) is 32.3 Å². The Bertz CT molecular complexity index is 411. The molecule has 3 nitrogen and oxygen atoms in total. The number of para-hydroxylation sites is 1. The molecule has 0 spiro atoms. The molecule has 1 fully saturated rings. The summed E-state index contributed by atoms with van der Waals surface area (Å²) in [6, 6.07) is 9.94. The van der Waals surface area contributed by atoms with Crippen molar-refractivity contribution >= 4 is 5.69 Å². The second-order valence-corrected chi connectivity index (χ2v) is 6.13. The van der Waals surface area contributed by atoms with Crippen LogP contribution in [0.15, 0.2) is 24.3 Å². The summed E-state index contributed by atoms with van der Waals surface area (Å²) in [5, 5.41) is 0. The Morgan fingerprint density at radius 2 is 1.80 bits per heavy atom. The lowest BCUT2D eigenvalue weighted by Crippen LogP contribution is -2.43. The molecule has 20 heavy (non-hydrogen) atoms. The molecule has 2 rings (SSSR count). The lowest BCUT2D eigenvalue weighted by molar-refractivity contribution is 0.0189. The lowest BCUT2D eigenvalue weighted by Gasteiger charge is -2.38. The molecule has 0 radical (unpaired) electrons. The van der Waals surface area contributed by atoms with Crippen molar-refractivity contribution < 1.29 is 4.74 Å². The Labute approximate surface area is 123 Å². The highest BCUT2D eigenvalue weighted by Crippen LogP contribution is 2.24. The van der Waals surface area contributed by atoms with Crippen LogP contribution in [0.2, 0.25) is 0 Å². The van der Waals surface area contributed by atoms with Crippen molar-refractivity contribution in [3.63, 3.8) is 0 Å². The molecule has 0 unspecified atom stereocenters. The Hall–Kier alpha value is -1.06. The molecule has 3 heteroatoms. The highest BCUT2D eigenvalue weighted by Gasteiger charge is 2.24. The van der Waals surface area contributed by atoms with Gasteiger partial charge in [-0.2, -0.15) is 0 Å². The molecule has 0 aliphatic carbocycles. The second kappa shape index (κ2) is 7.09. The molecule has 0 aromatic heterocycles. The molecule has 1 heterocycles. The van der Waals surface area contributed by atoms with Crippen molar-refractivity contribution in [2.24, 2.45) is 0 Å². The minimum Gasteiger partial charge on any atom is -0.381 e. The first-order valence-corrected chi connectivity index (χ1v) is 7.68. The Morgan fingerprint density at radius 3 is 2.40 bits per heavy atom. The zero-order valence-electron chi connectivity index (χ0n) is 13.3. The van der Waals surface area contributed by atoms with Gasteiger partial charge in [0, 0.05) is 51.6 Å². The number of rotatable bonds is 5. The van der Waals surface area contributed by atoms with Crippen molar-refractivity contribution in [3.8, 4) is 0 Å². The normalized spacial score (nSPS) is 16.9. The van der Waals surface area contributed by atoms with Crippen molar-refractivity contribution in [2.75, 3.05) is 32.2 Å². The standard InChI is InChI=1S/C17H28N2O/c1-14(2)19(16-9-11-20-12-10-16)13-15-7-5-6-8-17(15)18(3)4/h5-8,14,16H,9-13H2,1-4H3. The molecule has 1 aliphatic rings. The summed E-state index contributed by atoms with van der Waals surface area (Å²) in [7, 11) is 4.24. The van der Waals surface area contributed by atoms with E-state index in [1.807, 2.05) is 0 Å². The number of anilines is 1. The predicted octanol–water partition coefficient (Wildman–Crippen LogP) is 3.14. The van der Waals surface area contributed by atoms with Crippen LogP contribution in [-0.4, -0.2) is 44.3 Å². The van der Waals surface area contributed by atoms with E-state index in [1.165, 1.54) is 11.3 Å². The maximum atomic E-state index is 5.51. The third-order valence-electron chi connectivity index (χ3n) is 4.15. The van der Waals surface area contributed by atoms with Gasteiger partial charge in [0.1, 0.15) is 0 Å². The van der Waals surface area contributed by atoms with Crippen LogP contribution in [0.3, 0.4) is 0 Å². The van der Waals surface area contributed by atoms with Crippen molar-refractivity contribution in [2.45, 2.75) is 45.3 Å². The Morgan fingerprint density at radius 1 is 1.15 bits per heavy atom. The number of benzene rings is 1. The van der Waals surface area contributed by atoms with Crippen molar-refractivity contribution in [1.82, 2.24) is 4.90 Å². The molecule has 0 amide bonds. The maximum Gasteiger partial charge on any atom is 0.0480 e. The van der Waals surface area contributed by atoms with Crippen molar-refractivity contribution in [1.29, 1.82) is 0 Å². The van der Waals surface area contributed by atoms with Gasteiger partial charge >= 0.3 is 0 Å². The third-order valence-corrected chi connectivity index (χ3v) is 4.15. The molecule has 0 N–H and O–H groups in total. The zero-order valence-corrected chi connectivity index (χ0v) is 13.3. The summed E-state index contributed by atoms with van der Waals surface area (Å²) >= 11 is 0. The first kappa shape index (κ1) is 15.3. The van der Waals surface area contributed by atoms with Crippen LogP contribution in [0.4, 0.5) is 5.69 Å². The third kappa shape index (κ3) is 3.74. The number of nitrogens with zero attached hydrogens (tertiary/aromatic N) is 2. The van der Waals surface area contributed by atoms with E-state index in [0.717, 1.165) is 32.6 Å². The van der Waals surface area contributed by atoms with E-state index in [-0.39, 0.29) is 0 Å². The van der Waals surface area contributed by atoms with E-state index < -0.39 is 0 Å². The zero-order chi connectivity index (χ0) is 14.5. The second-order valence-electron chi connectivity index (χ2n) is 6.13. The molecule has 0 saturated carbocycles. The highest BCUT2D eigenvalue weighted by atomic mass is 16.5. The van der Waals surface area contributed by atoms with Gasteiger partial charge in [-0.1, -0.05) is 18.2 Å².